The lowest BCUT2D eigenvalue weighted by atomic mass is 10.0. The van der Waals surface area contributed by atoms with Crippen LogP contribution in [0.4, 0.5) is 5.95 Å². The molecule has 23 heavy (non-hydrogen) atoms. The number of aromatic nitrogens is 2. The Labute approximate surface area is 140 Å². The van der Waals surface area contributed by atoms with Gasteiger partial charge >= 0.3 is 0 Å². The zero-order chi connectivity index (χ0) is 16.4. The molecule has 2 aromatic rings. The van der Waals surface area contributed by atoms with Crippen molar-refractivity contribution in [1.29, 1.82) is 0 Å². The van der Waals surface area contributed by atoms with Gasteiger partial charge in [-0.15, -0.1) is 0 Å². The number of amides is 1. The number of nitrogen functional groups attached to an aromatic ring is 1. The summed E-state index contributed by atoms with van der Waals surface area (Å²) in [6, 6.07) is 5.89. The van der Waals surface area contributed by atoms with E-state index in [-0.39, 0.29) is 11.9 Å². The molecule has 1 aliphatic rings. The van der Waals surface area contributed by atoms with E-state index in [2.05, 4.69) is 9.97 Å². The standard InChI is InChI=1S/C17H19ClN4O/c1-11-8-12(2-4-14(11)18)3-5-16(23)22-7-6-13-9-20-17(19)21-15(13)10-22/h2,4,8-9H,3,5-7,10H2,1H3,(H2,19,20,21). The van der Waals surface area contributed by atoms with Gasteiger partial charge in [-0.1, -0.05) is 23.7 Å². The Bertz CT molecular complexity index is 747. The van der Waals surface area contributed by atoms with Gasteiger partial charge in [0.15, 0.2) is 0 Å². The van der Waals surface area contributed by atoms with Crippen LogP contribution >= 0.6 is 11.6 Å². The highest BCUT2D eigenvalue weighted by Gasteiger charge is 2.22. The van der Waals surface area contributed by atoms with Crippen LogP contribution in [0.3, 0.4) is 0 Å². The molecule has 2 N–H and O–H groups in total. The molecule has 0 saturated carbocycles. The highest BCUT2D eigenvalue weighted by Crippen LogP contribution is 2.20. The van der Waals surface area contributed by atoms with Gasteiger partial charge < -0.3 is 10.6 Å². The number of carbonyl (C=O) groups excluding carboxylic acids is 1. The van der Waals surface area contributed by atoms with E-state index in [0.717, 1.165) is 33.8 Å². The Balaban J connectivity index is 1.62. The van der Waals surface area contributed by atoms with E-state index in [4.69, 9.17) is 17.3 Å². The molecule has 0 spiro atoms. The van der Waals surface area contributed by atoms with Gasteiger partial charge in [0.05, 0.1) is 12.2 Å². The molecule has 5 nitrogen and oxygen atoms in total. The Morgan fingerprint density at radius 2 is 2.26 bits per heavy atom. The highest BCUT2D eigenvalue weighted by molar-refractivity contribution is 6.31. The Morgan fingerprint density at radius 1 is 1.43 bits per heavy atom. The number of anilines is 1. The number of hydrogen-bond acceptors (Lipinski definition) is 4. The van der Waals surface area contributed by atoms with Crippen LogP contribution in [0.1, 0.15) is 28.8 Å². The van der Waals surface area contributed by atoms with Gasteiger partial charge in [-0.3, -0.25) is 4.79 Å². The van der Waals surface area contributed by atoms with Gasteiger partial charge in [0.1, 0.15) is 0 Å². The molecule has 0 atom stereocenters. The zero-order valence-electron chi connectivity index (χ0n) is 13.1. The molecular weight excluding hydrogens is 312 g/mol. The third-order valence-corrected chi connectivity index (χ3v) is 4.59. The van der Waals surface area contributed by atoms with Crippen LogP contribution in [0.2, 0.25) is 5.02 Å². The van der Waals surface area contributed by atoms with E-state index in [0.29, 0.717) is 25.9 Å². The van der Waals surface area contributed by atoms with Gasteiger partial charge in [0.25, 0.3) is 0 Å². The number of nitrogens with zero attached hydrogens (tertiary/aromatic N) is 3. The molecule has 0 fully saturated rings. The highest BCUT2D eigenvalue weighted by atomic mass is 35.5. The molecule has 1 amide bonds. The molecule has 0 bridgehead atoms. The van der Waals surface area contributed by atoms with Crippen molar-refractivity contribution >= 4 is 23.5 Å². The molecule has 0 radical (unpaired) electrons. The number of aryl methyl sites for hydroxylation is 2. The number of hydrogen-bond donors (Lipinski definition) is 1. The van der Waals surface area contributed by atoms with E-state index in [1.165, 1.54) is 0 Å². The predicted octanol–water partition coefficient (Wildman–Crippen LogP) is 2.54. The first kappa shape index (κ1) is 15.7. The largest absolute Gasteiger partial charge is 0.368 e. The molecule has 1 aromatic carbocycles. The number of fused-ring (bicyclic) bond motifs is 1. The van der Waals surface area contributed by atoms with Gasteiger partial charge in [-0.05, 0) is 42.5 Å². The van der Waals surface area contributed by atoms with Crippen LogP contribution in [-0.2, 0) is 24.2 Å². The van der Waals surface area contributed by atoms with Gasteiger partial charge in [-0.25, -0.2) is 9.97 Å². The fourth-order valence-electron chi connectivity index (χ4n) is 2.80. The van der Waals surface area contributed by atoms with Crippen molar-refractivity contribution in [3.63, 3.8) is 0 Å². The molecular formula is C17H19ClN4O. The summed E-state index contributed by atoms with van der Waals surface area (Å²) in [4.78, 5) is 22.5. The molecule has 3 rings (SSSR count). The van der Waals surface area contributed by atoms with Crippen molar-refractivity contribution < 1.29 is 4.79 Å². The number of rotatable bonds is 3. The maximum atomic E-state index is 12.4. The lowest BCUT2D eigenvalue weighted by Gasteiger charge is -2.28. The summed E-state index contributed by atoms with van der Waals surface area (Å²) in [7, 11) is 0. The first-order chi connectivity index (χ1) is 11.0. The van der Waals surface area contributed by atoms with Gasteiger partial charge in [0, 0.05) is 24.2 Å². The Hall–Kier alpha value is -2.14. The fourth-order valence-corrected chi connectivity index (χ4v) is 2.92. The van der Waals surface area contributed by atoms with Crippen molar-refractivity contribution in [3.8, 4) is 0 Å². The van der Waals surface area contributed by atoms with Crippen molar-refractivity contribution in [3.05, 3.63) is 51.8 Å². The summed E-state index contributed by atoms with van der Waals surface area (Å²) in [6.07, 6.45) is 3.74. The molecule has 0 unspecified atom stereocenters. The lowest BCUT2D eigenvalue weighted by Crippen LogP contribution is -2.36. The number of nitrogens with two attached hydrogens (primary N) is 1. The van der Waals surface area contributed by atoms with Crippen LogP contribution in [0, 0.1) is 6.92 Å². The summed E-state index contributed by atoms with van der Waals surface area (Å²) >= 11 is 6.03. The minimum Gasteiger partial charge on any atom is -0.368 e. The van der Waals surface area contributed by atoms with Crippen LogP contribution < -0.4 is 5.73 Å². The SMILES string of the molecule is Cc1cc(CCC(=O)N2CCc3cnc(N)nc3C2)ccc1Cl. The minimum atomic E-state index is 0.139. The van der Waals surface area contributed by atoms with E-state index < -0.39 is 0 Å². The molecule has 1 aliphatic heterocycles. The molecule has 6 heteroatoms. The summed E-state index contributed by atoms with van der Waals surface area (Å²) in [5, 5.41) is 0.755. The molecule has 0 saturated heterocycles. The van der Waals surface area contributed by atoms with Gasteiger partial charge in [0.2, 0.25) is 11.9 Å². The van der Waals surface area contributed by atoms with Gasteiger partial charge in [-0.2, -0.15) is 0 Å². The van der Waals surface area contributed by atoms with E-state index in [9.17, 15) is 4.79 Å². The lowest BCUT2D eigenvalue weighted by molar-refractivity contribution is -0.132. The monoisotopic (exact) mass is 330 g/mol. The first-order valence-corrected chi connectivity index (χ1v) is 8.04. The quantitative estimate of drug-likeness (QED) is 0.938. The number of halogens is 1. The van der Waals surface area contributed by atoms with Crippen LogP contribution in [-0.4, -0.2) is 27.3 Å². The normalized spacial score (nSPS) is 13.7. The molecule has 0 aliphatic carbocycles. The van der Waals surface area contributed by atoms with Crippen LogP contribution in [0.15, 0.2) is 24.4 Å². The van der Waals surface area contributed by atoms with E-state index >= 15 is 0 Å². The minimum absolute atomic E-state index is 0.139. The Morgan fingerprint density at radius 3 is 3.04 bits per heavy atom. The van der Waals surface area contributed by atoms with E-state index in [1.807, 2.05) is 30.0 Å². The zero-order valence-corrected chi connectivity index (χ0v) is 13.8. The maximum Gasteiger partial charge on any atom is 0.223 e. The average molecular weight is 331 g/mol. The third-order valence-electron chi connectivity index (χ3n) is 4.17. The second-order valence-corrected chi connectivity index (χ2v) is 6.26. The molecule has 2 heterocycles. The fraction of sp³-hybridized carbons (Fsp3) is 0.353. The van der Waals surface area contributed by atoms with Crippen molar-refractivity contribution in [2.24, 2.45) is 0 Å². The predicted molar refractivity (Wildman–Crippen MR) is 90.1 cm³/mol. The number of carbonyl (C=O) groups is 1. The maximum absolute atomic E-state index is 12.4. The second-order valence-electron chi connectivity index (χ2n) is 5.85. The molecule has 1 aromatic heterocycles. The average Bonchev–Trinajstić information content (AvgIpc) is 2.55. The summed E-state index contributed by atoms with van der Waals surface area (Å²) in [6.45, 7) is 3.19. The third kappa shape index (κ3) is 3.62. The summed E-state index contributed by atoms with van der Waals surface area (Å²) in [5.41, 5.74) is 9.74. The van der Waals surface area contributed by atoms with Crippen LogP contribution in [0.5, 0.6) is 0 Å². The number of benzene rings is 1. The van der Waals surface area contributed by atoms with Crippen LogP contribution in [0.25, 0.3) is 0 Å². The molecule has 120 valence electrons. The summed E-state index contributed by atoms with van der Waals surface area (Å²) in [5.74, 6) is 0.398. The second kappa shape index (κ2) is 6.54. The van der Waals surface area contributed by atoms with Crippen molar-refractivity contribution in [2.45, 2.75) is 32.7 Å². The topological polar surface area (TPSA) is 72.1 Å². The van der Waals surface area contributed by atoms with Crippen molar-refractivity contribution in [1.82, 2.24) is 14.9 Å². The Kier molecular flexibility index (Phi) is 4.48. The van der Waals surface area contributed by atoms with E-state index in [1.54, 1.807) is 6.20 Å². The van der Waals surface area contributed by atoms with Crippen molar-refractivity contribution in [2.75, 3.05) is 12.3 Å². The summed E-state index contributed by atoms with van der Waals surface area (Å²) < 4.78 is 0. The first-order valence-electron chi connectivity index (χ1n) is 7.66. The smallest absolute Gasteiger partial charge is 0.223 e.